The van der Waals surface area contributed by atoms with E-state index in [2.05, 4.69) is 44.9 Å². The summed E-state index contributed by atoms with van der Waals surface area (Å²) in [6.45, 7) is 5.13. The van der Waals surface area contributed by atoms with Crippen molar-refractivity contribution in [3.05, 3.63) is 28.2 Å². The van der Waals surface area contributed by atoms with Gasteiger partial charge in [-0.25, -0.2) is 0 Å². The first-order valence-electron chi connectivity index (χ1n) is 6.79. The van der Waals surface area contributed by atoms with Gasteiger partial charge in [0, 0.05) is 41.4 Å². The van der Waals surface area contributed by atoms with Crippen molar-refractivity contribution in [2.45, 2.75) is 19.4 Å². The minimum absolute atomic E-state index is 0.147. The highest BCUT2D eigenvalue weighted by Crippen LogP contribution is 2.27. The van der Waals surface area contributed by atoms with Gasteiger partial charge in [0.25, 0.3) is 0 Å². The number of anilines is 1. The normalized spacial score (nSPS) is 21.2. The molecule has 0 bridgehead atoms. The summed E-state index contributed by atoms with van der Waals surface area (Å²) < 4.78 is 0.920. The molecule has 2 rings (SSSR count). The fraction of sp³-hybridized carbons (Fsp3) is 0.500. The summed E-state index contributed by atoms with van der Waals surface area (Å²) in [7, 11) is 2.16. The largest absolute Gasteiger partial charge is 0.409 e. The molecular weight excluding hydrogens is 320 g/mol. The lowest BCUT2D eigenvalue weighted by Gasteiger charge is -2.41. The quantitative estimate of drug-likeness (QED) is 0.382. The predicted molar refractivity (Wildman–Crippen MR) is 85.6 cm³/mol. The Hall–Kier alpha value is -1.27. The van der Waals surface area contributed by atoms with Crippen LogP contribution >= 0.6 is 15.9 Å². The molecule has 1 saturated heterocycles. The molecular formula is C14H21BrN4O. The third-order valence-corrected chi connectivity index (χ3v) is 4.42. The summed E-state index contributed by atoms with van der Waals surface area (Å²) in [5.41, 5.74) is 7.60. The molecule has 1 aromatic carbocycles. The maximum Gasteiger partial charge on any atom is 0.172 e. The van der Waals surface area contributed by atoms with E-state index < -0.39 is 0 Å². The Labute approximate surface area is 128 Å². The van der Waals surface area contributed by atoms with Crippen LogP contribution in [0.15, 0.2) is 27.8 Å². The predicted octanol–water partition coefficient (Wildman–Crippen LogP) is 2.07. The molecule has 1 aliphatic heterocycles. The van der Waals surface area contributed by atoms with Crippen LogP contribution in [0.5, 0.6) is 0 Å². The van der Waals surface area contributed by atoms with E-state index in [0.717, 1.165) is 41.8 Å². The smallest absolute Gasteiger partial charge is 0.172 e. The Morgan fingerprint density at radius 3 is 2.90 bits per heavy atom. The zero-order chi connectivity index (χ0) is 14.7. The summed E-state index contributed by atoms with van der Waals surface area (Å²) in [5, 5.41) is 12.1. The standard InChI is InChI=1S/C14H21BrN4O/c1-3-11-9-19(7-6-18(11)2)13-5-4-10(15)8-12(13)14(16)17-20/h4-5,8,11,20H,3,6-7,9H2,1-2H3,(H2,16,17). The summed E-state index contributed by atoms with van der Waals surface area (Å²) in [4.78, 5) is 4.70. The number of nitrogens with two attached hydrogens (primary N) is 1. The molecule has 0 saturated carbocycles. The molecule has 0 spiro atoms. The number of piperazine rings is 1. The second kappa shape index (κ2) is 6.45. The fourth-order valence-corrected chi connectivity index (χ4v) is 3.01. The first kappa shape index (κ1) is 15.1. The van der Waals surface area contributed by atoms with Crippen molar-refractivity contribution < 1.29 is 5.21 Å². The van der Waals surface area contributed by atoms with Crippen molar-refractivity contribution in [1.82, 2.24) is 4.90 Å². The van der Waals surface area contributed by atoms with Gasteiger partial charge in [-0.1, -0.05) is 28.0 Å². The van der Waals surface area contributed by atoms with Crippen LogP contribution in [0.1, 0.15) is 18.9 Å². The number of oxime groups is 1. The number of hydrogen-bond acceptors (Lipinski definition) is 4. The van der Waals surface area contributed by atoms with Crippen molar-refractivity contribution >= 4 is 27.5 Å². The lowest BCUT2D eigenvalue weighted by Crippen LogP contribution is -2.51. The van der Waals surface area contributed by atoms with E-state index >= 15 is 0 Å². The van der Waals surface area contributed by atoms with E-state index in [0.29, 0.717) is 6.04 Å². The van der Waals surface area contributed by atoms with Gasteiger partial charge in [0.05, 0.1) is 0 Å². The van der Waals surface area contributed by atoms with Crippen LogP contribution in [-0.4, -0.2) is 48.7 Å². The average Bonchev–Trinajstić information content (AvgIpc) is 2.47. The number of halogens is 1. The number of nitrogens with zero attached hydrogens (tertiary/aromatic N) is 3. The molecule has 0 aliphatic carbocycles. The number of benzene rings is 1. The second-order valence-electron chi connectivity index (χ2n) is 5.14. The van der Waals surface area contributed by atoms with Crippen LogP contribution < -0.4 is 10.6 Å². The Morgan fingerprint density at radius 1 is 1.50 bits per heavy atom. The maximum atomic E-state index is 8.96. The molecule has 1 aromatic rings. The van der Waals surface area contributed by atoms with Crippen LogP contribution in [0, 0.1) is 0 Å². The van der Waals surface area contributed by atoms with Crippen LogP contribution in [0.2, 0.25) is 0 Å². The van der Waals surface area contributed by atoms with Gasteiger partial charge >= 0.3 is 0 Å². The number of likely N-dealkylation sites (N-methyl/N-ethyl adjacent to an activating group) is 1. The van der Waals surface area contributed by atoms with Gasteiger partial charge in [0.2, 0.25) is 0 Å². The van der Waals surface area contributed by atoms with E-state index in [-0.39, 0.29) is 5.84 Å². The van der Waals surface area contributed by atoms with Gasteiger partial charge in [-0.2, -0.15) is 0 Å². The third kappa shape index (κ3) is 3.07. The molecule has 0 amide bonds. The zero-order valence-electron chi connectivity index (χ0n) is 11.9. The third-order valence-electron chi connectivity index (χ3n) is 3.93. The van der Waals surface area contributed by atoms with Crippen LogP contribution in [0.3, 0.4) is 0 Å². The molecule has 1 aliphatic rings. The summed E-state index contributed by atoms with van der Waals surface area (Å²) >= 11 is 3.43. The fourth-order valence-electron chi connectivity index (χ4n) is 2.65. The second-order valence-corrected chi connectivity index (χ2v) is 6.05. The number of amidine groups is 1. The minimum atomic E-state index is 0.147. The molecule has 0 aromatic heterocycles. The number of rotatable bonds is 3. The molecule has 110 valence electrons. The van der Waals surface area contributed by atoms with E-state index in [9.17, 15) is 0 Å². The minimum Gasteiger partial charge on any atom is -0.409 e. The van der Waals surface area contributed by atoms with Crippen molar-refractivity contribution in [2.24, 2.45) is 10.9 Å². The van der Waals surface area contributed by atoms with Gasteiger partial charge in [0.15, 0.2) is 5.84 Å². The van der Waals surface area contributed by atoms with E-state index in [4.69, 9.17) is 10.9 Å². The molecule has 6 heteroatoms. The Bertz CT molecular complexity index is 506. The molecule has 1 atom stereocenters. The molecule has 20 heavy (non-hydrogen) atoms. The molecule has 3 N–H and O–H groups in total. The van der Waals surface area contributed by atoms with Gasteiger partial charge in [-0.15, -0.1) is 0 Å². The first-order valence-corrected chi connectivity index (χ1v) is 7.58. The van der Waals surface area contributed by atoms with Gasteiger partial charge in [-0.05, 0) is 31.7 Å². The highest BCUT2D eigenvalue weighted by atomic mass is 79.9. The average molecular weight is 341 g/mol. The van der Waals surface area contributed by atoms with E-state index in [1.807, 2.05) is 18.2 Å². The van der Waals surface area contributed by atoms with Crippen LogP contribution in [0.4, 0.5) is 5.69 Å². The van der Waals surface area contributed by atoms with Gasteiger partial charge < -0.3 is 15.8 Å². The lowest BCUT2D eigenvalue weighted by molar-refractivity contribution is 0.213. The lowest BCUT2D eigenvalue weighted by atomic mass is 10.1. The molecule has 5 nitrogen and oxygen atoms in total. The Kier molecular flexibility index (Phi) is 4.88. The SMILES string of the molecule is CCC1CN(c2ccc(Br)cc2/C(N)=N/O)CCN1C. The Balaban J connectivity index is 2.33. The molecule has 0 radical (unpaired) electrons. The van der Waals surface area contributed by atoms with Gasteiger partial charge in [0.1, 0.15) is 0 Å². The van der Waals surface area contributed by atoms with E-state index in [1.54, 1.807) is 0 Å². The van der Waals surface area contributed by atoms with Crippen molar-refractivity contribution in [3.63, 3.8) is 0 Å². The zero-order valence-corrected chi connectivity index (χ0v) is 13.5. The van der Waals surface area contributed by atoms with Crippen molar-refractivity contribution in [2.75, 3.05) is 31.6 Å². The topological polar surface area (TPSA) is 65.1 Å². The summed E-state index contributed by atoms with van der Waals surface area (Å²) in [6, 6.07) is 6.44. The van der Waals surface area contributed by atoms with E-state index in [1.165, 1.54) is 0 Å². The number of hydrogen-bond donors (Lipinski definition) is 2. The van der Waals surface area contributed by atoms with Gasteiger partial charge in [-0.3, -0.25) is 4.90 Å². The summed E-state index contributed by atoms with van der Waals surface area (Å²) in [5.74, 6) is 0.147. The van der Waals surface area contributed by atoms with Crippen molar-refractivity contribution in [3.8, 4) is 0 Å². The van der Waals surface area contributed by atoms with Crippen molar-refractivity contribution in [1.29, 1.82) is 0 Å². The Morgan fingerprint density at radius 2 is 2.25 bits per heavy atom. The summed E-state index contributed by atoms with van der Waals surface area (Å²) in [6.07, 6.45) is 1.11. The molecule has 1 heterocycles. The maximum absolute atomic E-state index is 8.96. The highest BCUT2D eigenvalue weighted by Gasteiger charge is 2.25. The van der Waals surface area contributed by atoms with Crippen LogP contribution in [-0.2, 0) is 0 Å². The molecule has 1 unspecified atom stereocenters. The highest BCUT2D eigenvalue weighted by molar-refractivity contribution is 9.10. The first-order chi connectivity index (χ1) is 9.56. The molecule has 1 fully saturated rings. The van der Waals surface area contributed by atoms with Crippen LogP contribution in [0.25, 0.3) is 0 Å². The monoisotopic (exact) mass is 340 g/mol.